The van der Waals surface area contributed by atoms with E-state index >= 15 is 0 Å². The maximum atomic E-state index is 10.6. The predicted molar refractivity (Wildman–Crippen MR) is 74.2 cm³/mol. The van der Waals surface area contributed by atoms with Crippen LogP contribution in [0.15, 0.2) is 0 Å². The van der Waals surface area contributed by atoms with Gasteiger partial charge in [0.1, 0.15) is 0 Å². The molecule has 0 aromatic rings. The van der Waals surface area contributed by atoms with E-state index in [2.05, 4.69) is 32.6 Å². The average Bonchev–Trinajstić information content (AvgIpc) is 2.38. The van der Waals surface area contributed by atoms with Crippen LogP contribution in [0.25, 0.3) is 0 Å². The molecule has 1 rings (SSSR count). The molecule has 3 unspecified atom stereocenters. The average molecular weight is 241 g/mol. The fourth-order valence-electron chi connectivity index (χ4n) is 2.88. The molecule has 1 saturated heterocycles. The minimum absolute atomic E-state index is 0.0101. The largest absolute Gasteiger partial charge is 0.391 e. The number of likely N-dealkylation sites (tertiary alicyclic amines) is 1. The van der Waals surface area contributed by atoms with Gasteiger partial charge in [-0.3, -0.25) is 4.90 Å². The Balaban J connectivity index is 2.64. The van der Waals surface area contributed by atoms with Crippen LogP contribution in [0.2, 0.25) is 0 Å². The highest BCUT2D eigenvalue weighted by atomic mass is 16.3. The van der Waals surface area contributed by atoms with Gasteiger partial charge in [-0.1, -0.05) is 33.6 Å². The van der Waals surface area contributed by atoms with Gasteiger partial charge < -0.3 is 5.11 Å². The molecule has 1 aliphatic heterocycles. The number of aliphatic hydroxyl groups is 1. The van der Waals surface area contributed by atoms with Gasteiger partial charge in [0.05, 0.1) is 6.10 Å². The summed E-state index contributed by atoms with van der Waals surface area (Å²) in [4.78, 5) is 2.53. The molecule has 0 radical (unpaired) electrons. The summed E-state index contributed by atoms with van der Waals surface area (Å²) in [5, 5.41) is 10.6. The van der Waals surface area contributed by atoms with Crippen LogP contribution < -0.4 is 0 Å². The Labute approximate surface area is 107 Å². The Morgan fingerprint density at radius 2 is 1.76 bits per heavy atom. The molecule has 0 aromatic carbocycles. The molecule has 0 bridgehead atoms. The standard InChI is InChI=1S/C15H31NO/c1-5-13(3)12-14(17)15(4,6-2)16-10-8-7-9-11-16/h13-14,17H,5-12H2,1-4H3. The van der Waals surface area contributed by atoms with Crippen LogP contribution in [0.5, 0.6) is 0 Å². The van der Waals surface area contributed by atoms with Gasteiger partial charge in [0.25, 0.3) is 0 Å². The monoisotopic (exact) mass is 241 g/mol. The van der Waals surface area contributed by atoms with E-state index < -0.39 is 0 Å². The minimum atomic E-state index is -0.180. The van der Waals surface area contributed by atoms with E-state index in [4.69, 9.17) is 0 Å². The molecule has 102 valence electrons. The highest BCUT2D eigenvalue weighted by molar-refractivity contribution is 4.93. The second kappa shape index (κ2) is 6.75. The lowest BCUT2D eigenvalue weighted by Crippen LogP contribution is -2.56. The molecule has 0 saturated carbocycles. The third-order valence-corrected chi connectivity index (χ3v) is 4.83. The Morgan fingerprint density at radius 3 is 2.24 bits per heavy atom. The second-order valence-corrected chi connectivity index (χ2v) is 6.02. The van der Waals surface area contributed by atoms with Gasteiger partial charge in [0.2, 0.25) is 0 Å². The molecule has 0 aliphatic carbocycles. The highest BCUT2D eigenvalue weighted by Gasteiger charge is 2.37. The van der Waals surface area contributed by atoms with E-state index in [1.807, 2.05) is 0 Å². The molecular weight excluding hydrogens is 210 g/mol. The van der Waals surface area contributed by atoms with Gasteiger partial charge in [-0.2, -0.15) is 0 Å². The SMILES string of the molecule is CCC(C)CC(O)C(C)(CC)N1CCCCC1. The topological polar surface area (TPSA) is 23.5 Å². The number of aliphatic hydroxyl groups excluding tert-OH is 1. The van der Waals surface area contributed by atoms with Crippen molar-refractivity contribution in [3.63, 3.8) is 0 Å². The van der Waals surface area contributed by atoms with E-state index in [0.29, 0.717) is 5.92 Å². The molecule has 3 atom stereocenters. The summed E-state index contributed by atoms with van der Waals surface area (Å²) in [6.07, 6.45) is 6.92. The number of piperidine rings is 1. The van der Waals surface area contributed by atoms with Crippen molar-refractivity contribution in [3.8, 4) is 0 Å². The van der Waals surface area contributed by atoms with Crippen LogP contribution in [-0.2, 0) is 0 Å². The Hall–Kier alpha value is -0.0800. The molecule has 2 heteroatoms. The molecule has 0 aromatic heterocycles. The molecule has 1 heterocycles. The van der Waals surface area contributed by atoms with Crippen LogP contribution >= 0.6 is 0 Å². The normalized spacial score (nSPS) is 25.2. The van der Waals surface area contributed by atoms with E-state index in [9.17, 15) is 5.11 Å². The molecule has 1 aliphatic rings. The first kappa shape index (κ1) is 15.0. The number of nitrogens with zero attached hydrogens (tertiary/aromatic N) is 1. The van der Waals surface area contributed by atoms with Crippen LogP contribution in [0.3, 0.4) is 0 Å². The quantitative estimate of drug-likeness (QED) is 0.770. The Kier molecular flexibility index (Phi) is 5.94. The first-order valence-corrected chi connectivity index (χ1v) is 7.47. The van der Waals surface area contributed by atoms with Crippen molar-refractivity contribution in [3.05, 3.63) is 0 Å². The molecular formula is C15H31NO. The van der Waals surface area contributed by atoms with E-state index in [-0.39, 0.29) is 11.6 Å². The molecule has 1 N–H and O–H groups in total. The number of hydrogen-bond acceptors (Lipinski definition) is 2. The summed E-state index contributed by atoms with van der Waals surface area (Å²) in [7, 11) is 0. The van der Waals surface area contributed by atoms with Crippen LogP contribution in [-0.4, -0.2) is 34.7 Å². The third-order valence-electron chi connectivity index (χ3n) is 4.83. The maximum absolute atomic E-state index is 10.6. The van der Waals surface area contributed by atoms with E-state index in [1.54, 1.807) is 0 Å². The minimum Gasteiger partial charge on any atom is -0.391 e. The number of hydrogen-bond donors (Lipinski definition) is 1. The fraction of sp³-hybridized carbons (Fsp3) is 1.00. The van der Waals surface area contributed by atoms with Gasteiger partial charge in [-0.05, 0) is 51.6 Å². The van der Waals surface area contributed by atoms with Gasteiger partial charge in [0, 0.05) is 5.54 Å². The van der Waals surface area contributed by atoms with Crippen molar-refractivity contribution in [2.45, 2.75) is 77.9 Å². The summed E-state index contributed by atoms with van der Waals surface area (Å²) in [6, 6.07) is 0. The first-order chi connectivity index (χ1) is 8.04. The van der Waals surface area contributed by atoms with Crippen LogP contribution in [0.1, 0.15) is 66.2 Å². The summed E-state index contributed by atoms with van der Waals surface area (Å²) >= 11 is 0. The molecule has 0 amide bonds. The predicted octanol–water partition coefficient (Wildman–Crippen LogP) is 3.44. The lowest BCUT2D eigenvalue weighted by atomic mass is 9.83. The van der Waals surface area contributed by atoms with Gasteiger partial charge in [-0.25, -0.2) is 0 Å². The summed E-state index contributed by atoms with van der Waals surface area (Å²) in [5.74, 6) is 0.626. The molecule has 17 heavy (non-hydrogen) atoms. The molecule has 1 fully saturated rings. The lowest BCUT2D eigenvalue weighted by molar-refractivity contribution is -0.0431. The van der Waals surface area contributed by atoms with Crippen molar-refractivity contribution in [1.82, 2.24) is 4.90 Å². The van der Waals surface area contributed by atoms with E-state index in [0.717, 1.165) is 19.3 Å². The van der Waals surface area contributed by atoms with Crippen molar-refractivity contribution in [1.29, 1.82) is 0 Å². The number of rotatable bonds is 6. The Bertz CT molecular complexity index is 213. The lowest BCUT2D eigenvalue weighted by Gasteiger charge is -2.46. The highest BCUT2D eigenvalue weighted by Crippen LogP contribution is 2.30. The molecule has 2 nitrogen and oxygen atoms in total. The first-order valence-electron chi connectivity index (χ1n) is 7.47. The summed E-state index contributed by atoms with van der Waals surface area (Å²) in [6.45, 7) is 11.3. The zero-order valence-corrected chi connectivity index (χ0v) is 12.2. The molecule has 0 spiro atoms. The maximum Gasteiger partial charge on any atom is 0.0723 e. The third kappa shape index (κ3) is 3.69. The van der Waals surface area contributed by atoms with Crippen LogP contribution in [0.4, 0.5) is 0 Å². The van der Waals surface area contributed by atoms with Crippen molar-refractivity contribution in [2.75, 3.05) is 13.1 Å². The summed E-state index contributed by atoms with van der Waals surface area (Å²) in [5.41, 5.74) is -0.0101. The zero-order chi connectivity index (χ0) is 12.9. The fourth-order valence-corrected chi connectivity index (χ4v) is 2.88. The van der Waals surface area contributed by atoms with Gasteiger partial charge in [-0.15, -0.1) is 0 Å². The van der Waals surface area contributed by atoms with Crippen molar-refractivity contribution in [2.24, 2.45) is 5.92 Å². The van der Waals surface area contributed by atoms with Crippen molar-refractivity contribution >= 4 is 0 Å². The van der Waals surface area contributed by atoms with E-state index in [1.165, 1.54) is 32.4 Å². The zero-order valence-electron chi connectivity index (χ0n) is 12.2. The van der Waals surface area contributed by atoms with Gasteiger partial charge >= 0.3 is 0 Å². The Morgan fingerprint density at radius 1 is 1.18 bits per heavy atom. The second-order valence-electron chi connectivity index (χ2n) is 6.02. The van der Waals surface area contributed by atoms with Crippen LogP contribution in [0, 0.1) is 5.92 Å². The smallest absolute Gasteiger partial charge is 0.0723 e. The van der Waals surface area contributed by atoms with Gasteiger partial charge in [0.15, 0.2) is 0 Å². The van der Waals surface area contributed by atoms with Crippen molar-refractivity contribution < 1.29 is 5.11 Å². The summed E-state index contributed by atoms with van der Waals surface area (Å²) < 4.78 is 0.